The SMILES string of the molecule is CCCN(CCC)C1CCc2ccc(Br)cc2C1. The van der Waals surface area contributed by atoms with Crippen molar-refractivity contribution in [1.29, 1.82) is 0 Å². The second-order valence-corrected chi connectivity index (χ2v) is 6.26. The molecule has 0 spiro atoms. The molecule has 0 saturated carbocycles. The summed E-state index contributed by atoms with van der Waals surface area (Å²) in [5.74, 6) is 0. The van der Waals surface area contributed by atoms with Gasteiger partial charge in [0, 0.05) is 10.5 Å². The summed E-state index contributed by atoms with van der Waals surface area (Å²) in [6.45, 7) is 7.08. The van der Waals surface area contributed by atoms with E-state index in [1.807, 2.05) is 0 Å². The fourth-order valence-electron chi connectivity index (χ4n) is 3.07. The zero-order valence-electron chi connectivity index (χ0n) is 11.6. The fourth-order valence-corrected chi connectivity index (χ4v) is 3.48. The van der Waals surface area contributed by atoms with E-state index in [-0.39, 0.29) is 0 Å². The predicted molar refractivity (Wildman–Crippen MR) is 82.1 cm³/mol. The molecule has 18 heavy (non-hydrogen) atoms. The smallest absolute Gasteiger partial charge is 0.0178 e. The lowest BCUT2D eigenvalue weighted by Crippen LogP contribution is -2.40. The Morgan fingerprint density at radius 1 is 1.17 bits per heavy atom. The summed E-state index contributed by atoms with van der Waals surface area (Å²) in [6, 6.07) is 7.54. The summed E-state index contributed by atoms with van der Waals surface area (Å²) >= 11 is 3.60. The predicted octanol–water partition coefficient (Wildman–Crippen LogP) is 4.43. The molecule has 0 saturated heterocycles. The van der Waals surface area contributed by atoms with E-state index in [0.717, 1.165) is 6.04 Å². The van der Waals surface area contributed by atoms with Crippen LogP contribution in [0.4, 0.5) is 0 Å². The highest BCUT2D eigenvalue weighted by Crippen LogP contribution is 2.27. The molecule has 0 bridgehead atoms. The van der Waals surface area contributed by atoms with Crippen LogP contribution in [0.3, 0.4) is 0 Å². The van der Waals surface area contributed by atoms with E-state index in [1.165, 1.54) is 49.7 Å². The van der Waals surface area contributed by atoms with E-state index in [1.54, 1.807) is 11.1 Å². The molecule has 1 atom stereocenters. The van der Waals surface area contributed by atoms with Gasteiger partial charge in [0.25, 0.3) is 0 Å². The highest BCUT2D eigenvalue weighted by molar-refractivity contribution is 9.10. The lowest BCUT2D eigenvalue weighted by molar-refractivity contribution is 0.180. The van der Waals surface area contributed by atoms with Crippen molar-refractivity contribution in [3.63, 3.8) is 0 Å². The maximum absolute atomic E-state index is 3.60. The van der Waals surface area contributed by atoms with Crippen LogP contribution in [0.25, 0.3) is 0 Å². The van der Waals surface area contributed by atoms with Crippen molar-refractivity contribution in [1.82, 2.24) is 4.90 Å². The van der Waals surface area contributed by atoms with Gasteiger partial charge in [-0.3, -0.25) is 0 Å². The van der Waals surface area contributed by atoms with Crippen LogP contribution in [0.5, 0.6) is 0 Å². The van der Waals surface area contributed by atoms with Crippen LogP contribution in [-0.4, -0.2) is 24.0 Å². The number of aryl methyl sites for hydroxylation is 1. The number of fused-ring (bicyclic) bond motifs is 1. The fraction of sp³-hybridized carbons (Fsp3) is 0.625. The Morgan fingerprint density at radius 3 is 2.56 bits per heavy atom. The minimum absolute atomic E-state index is 0.756. The van der Waals surface area contributed by atoms with E-state index in [9.17, 15) is 0 Å². The quantitative estimate of drug-likeness (QED) is 0.778. The molecule has 0 fully saturated rings. The molecule has 1 aromatic rings. The number of halogens is 1. The van der Waals surface area contributed by atoms with Crippen molar-refractivity contribution >= 4 is 15.9 Å². The van der Waals surface area contributed by atoms with Crippen LogP contribution in [0.1, 0.15) is 44.2 Å². The first-order valence-corrected chi connectivity index (χ1v) is 8.05. The first-order valence-electron chi connectivity index (χ1n) is 7.26. The van der Waals surface area contributed by atoms with Crippen LogP contribution < -0.4 is 0 Å². The molecule has 0 amide bonds. The van der Waals surface area contributed by atoms with Gasteiger partial charge >= 0.3 is 0 Å². The number of rotatable bonds is 5. The molecule has 1 aliphatic carbocycles. The van der Waals surface area contributed by atoms with Gasteiger partial charge in [-0.25, -0.2) is 0 Å². The molecule has 1 aromatic carbocycles. The lowest BCUT2D eigenvalue weighted by atomic mass is 9.87. The molecule has 0 heterocycles. The first-order chi connectivity index (χ1) is 8.74. The van der Waals surface area contributed by atoms with Gasteiger partial charge in [0.1, 0.15) is 0 Å². The normalized spacial score (nSPS) is 19.0. The topological polar surface area (TPSA) is 3.24 Å². The number of nitrogens with zero attached hydrogens (tertiary/aromatic N) is 1. The van der Waals surface area contributed by atoms with Crippen LogP contribution in [0.15, 0.2) is 22.7 Å². The molecule has 0 aromatic heterocycles. The van der Waals surface area contributed by atoms with Gasteiger partial charge in [-0.1, -0.05) is 35.8 Å². The average molecular weight is 310 g/mol. The van der Waals surface area contributed by atoms with Crippen molar-refractivity contribution < 1.29 is 0 Å². The molecular formula is C16H24BrN. The van der Waals surface area contributed by atoms with Crippen LogP contribution >= 0.6 is 15.9 Å². The van der Waals surface area contributed by atoms with Gasteiger partial charge in [0.2, 0.25) is 0 Å². The van der Waals surface area contributed by atoms with Gasteiger partial charge in [-0.2, -0.15) is 0 Å². The summed E-state index contributed by atoms with van der Waals surface area (Å²) in [7, 11) is 0. The maximum atomic E-state index is 3.60. The number of benzene rings is 1. The molecule has 2 rings (SSSR count). The Bertz CT molecular complexity index is 383. The van der Waals surface area contributed by atoms with Gasteiger partial charge in [-0.05, 0) is 68.5 Å². The lowest BCUT2D eigenvalue weighted by Gasteiger charge is -2.35. The van der Waals surface area contributed by atoms with Crippen molar-refractivity contribution in [2.45, 2.75) is 52.0 Å². The van der Waals surface area contributed by atoms with Crippen LogP contribution in [0, 0.1) is 0 Å². The third-order valence-electron chi connectivity index (χ3n) is 3.91. The molecule has 100 valence electrons. The Labute approximate surface area is 120 Å². The van der Waals surface area contributed by atoms with Gasteiger partial charge in [0.15, 0.2) is 0 Å². The Kier molecular flexibility index (Phi) is 5.25. The third kappa shape index (κ3) is 3.36. The first kappa shape index (κ1) is 14.1. The monoisotopic (exact) mass is 309 g/mol. The van der Waals surface area contributed by atoms with Crippen molar-refractivity contribution in [2.24, 2.45) is 0 Å². The van der Waals surface area contributed by atoms with Gasteiger partial charge in [-0.15, -0.1) is 0 Å². The Hall–Kier alpha value is -0.340. The molecule has 1 unspecified atom stereocenters. The maximum Gasteiger partial charge on any atom is 0.0178 e. The molecule has 0 N–H and O–H groups in total. The molecule has 1 nitrogen and oxygen atoms in total. The average Bonchev–Trinajstić information content (AvgIpc) is 2.37. The van der Waals surface area contributed by atoms with Crippen molar-refractivity contribution in [2.75, 3.05) is 13.1 Å². The van der Waals surface area contributed by atoms with Gasteiger partial charge < -0.3 is 4.90 Å². The van der Waals surface area contributed by atoms with Crippen molar-refractivity contribution in [3.8, 4) is 0 Å². The standard InChI is InChI=1S/C16H24BrN/c1-3-9-18(10-4-2)16-8-6-13-5-7-15(17)11-14(13)12-16/h5,7,11,16H,3-4,6,8-10,12H2,1-2H3. The van der Waals surface area contributed by atoms with Gasteiger partial charge in [0.05, 0.1) is 0 Å². The van der Waals surface area contributed by atoms with Crippen molar-refractivity contribution in [3.05, 3.63) is 33.8 Å². The summed E-state index contributed by atoms with van der Waals surface area (Å²) in [4.78, 5) is 2.70. The third-order valence-corrected chi connectivity index (χ3v) is 4.40. The van der Waals surface area contributed by atoms with E-state index in [2.05, 4.69) is 52.9 Å². The second-order valence-electron chi connectivity index (χ2n) is 5.35. The Balaban J connectivity index is 2.09. The molecule has 0 aliphatic heterocycles. The summed E-state index contributed by atoms with van der Waals surface area (Å²) in [6.07, 6.45) is 6.34. The second kappa shape index (κ2) is 6.72. The minimum atomic E-state index is 0.756. The summed E-state index contributed by atoms with van der Waals surface area (Å²) < 4.78 is 1.22. The van der Waals surface area contributed by atoms with E-state index >= 15 is 0 Å². The Morgan fingerprint density at radius 2 is 1.89 bits per heavy atom. The summed E-state index contributed by atoms with van der Waals surface area (Å²) in [5, 5.41) is 0. The van der Waals surface area contributed by atoms with E-state index in [0.29, 0.717) is 0 Å². The molecule has 2 heteroatoms. The highest BCUT2D eigenvalue weighted by Gasteiger charge is 2.23. The largest absolute Gasteiger partial charge is 0.300 e. The zero-order chi connectivity index (χ0) is 13.0. The molecule has 0 radical (unpaired) electrons. The minimum Gasteiger partial charge on any atom is -0.300 e. The summed E-state index contributed by atoms with van der Waals surface area (Å²) in [5.41, 5.74) is 3.11. The zero-order valence-corrected chi connectivity index (χ0v) is 13.2. The van der Waals surface area contributed by atoms with Crippen LogP contribution in [-0.2, 0) is 12.8 Å². The van der Waals surface area contributed by atoms with E-state index in [4.69, 9.17) is 0 Å². The molecule has 1 aliphatic rings. The van der Waals surface area contributed by atoms with E-state index < -0.39 is 0 Å². The number of hydrogen-bond donors (Lipinski definition) is 0. The highest BCUT2D eigenvalue weighted by atomic mass is 79.9. The molecular weight excluding hydrogens is 286 g/mol. The van der Waals surface area contributed by atoms with Crippen LogP contribution in [0.2, 0.25) is 0 Å². The number of hydrogen-bond acceptors (Lipinski definition) is 1.